The fraction of sp³-hybridized carbons (Fsp3) is 0.250. The van der Waals surface area contributed by atoms with E-state index in [4.69, 9.17) is 4.74 Å². The Morgan fingerprint density at radius 3 is 2.67 bits per heavy atom. The number of hydrogen-bond acceptors (Lipinski definition) is 6. The zero-order valence-electron chi connectivity index (χ0n) is 15.2. The fourth-order valence-corrected chi connectivity index (χ4v) is 3.29. The molecular formula is C20H20N3O3S-. The van der Waals surface area contributed by atoms with E-state index in [1.165, 1.54) is 0 Å². The van der Waals surface area contributed by atoms with Crippen molar-refractivity contribution in [2.24, 2.45) is 0 Å². The maximum absolute atomic E-state index is 11.1. The highest BCUT2D eigenvalue weighted by Crippen LogP contribution is 2.24. The van der Waals surface area contributed by atoms with Crippen molar-refractivity contribution < 1.29 is 14.6 Å². The van der Waals surface area contributed by atoms with Crippen molar-refractivity contribution in [1.82, 2.24) is 14.8 Å². The molecule has 0 saturated heterocycles. The average Bonchev–Trinajstić information content (AvgIpc) is 3.02. The van der Waals surface area contributed by atoms with Crippen LogP contribution in [-0.4, -0.2) is 26.0 Å². The molecule has 0 spiro atoms. The molecule has 140 valence electrons. The number of carbonyl (C=O) groups excluding carboxylic acids is 1. The van der Waals surface area contributed by atoms with Gasteiger partial charge in [-0.15, -0.1) is 10.2 Å². The molecule has 0 aliphatic rings. The summed E-state index contributed by atoms with van der Waals surface area (Å²) in [7, 11) is 0. The zero-order valence-corrected chi connectivity index (χ0v) is 16.0. The zero-order chi connectivity index (χ0) is 19.2. The highest BCUT2D eigenvalue weighted by atomic mass is 32.2. The van der Waals surface area contributed by atoms with E-state index in [9.17, 15) is 9.90 Å². The Balaban J connectivity index is 1.83. The minimum Gasteiger partial charge on any atom is -0.549 e. The summed E-state index contributed by atoms with van der Waals surface area (Å²) in [6, 6.07) is 17.6. The van der Waals surface area contributed by atoms with Gasteiger partial charge in [0.15, 0.2) is 11.0 Å². The van der Waals surface area contributed by atoms with Crippen molar-refractivity contribution in [3.8, 4) is 5.75 Å². The number of aryl methyl sites for hydroxylation is 1. The molecular weight excluding hydrogens is 362 g/mol. The van der Waals surface area contributed by atoms with Gasteiger partial charge in [-0.3, -0.25) is 4.57 Å². The molecule has 3 aromatic rings. The maximum Gasteiger partial charge on any atom is 0.192 e. The number of ether oxygens (including phenoxy) is 1. The van der Waals surface area contributed by atoms with E-state index >= 15 is 0 Å². The summed E-state index contributed by atoms with van der Waals surface area (Å²) in [5, 5.41) is 19.3. The second-order valence-electron chi connectivity index (χ2n) is 6.15. The molecule has 0 amide bonds. The monoisotopic (exact) mass is 382 g/mol. The van der Waals surface area contributed by atoms with Crippen molar-refractivity contribution in [2.75, 3.05) is 0 Å². The molecule has 3 rings (SSSR count). The van der Waals surface area contributed by atoms with Gasteiger partial charge in [0, 0.05) is 5.25 Å². The average molecular weight is 382 g/mol. The number of carboxylic acids is 1. The van der Waals surface area contributed by atoms with Gasteiger partial charge in [0.1, 0.15) is 12.4 Å². The number of nitrogens with zero attached hydrogens (tertiary/aromatic N) is 3. The van der Waals surface area contributed by atoms with Crippen molar-refractivity contribution in [3.05, 3.63) is 71.5 Å². The lowest BCUT2D eigenvalue weighted by Crippen LogP contribution is -2.31. The lowest BCUT2D eigenvalue weighted by Gasteiger charge is -2.14. The predicted molar refractivity (Wildman–Crippen MR) is 101 cm³/mol. The van der Waals surface area contributed by atoms with E-state index in [1.807, 2.05) is 66.1 Å². The van der Waals surface area contributed by atoms with E-state index in [1.54, 1.807) is 6.92 Å². The number of aliphatic carboxylic acids is 1. The van der Waals surface area contributed by atoms with Crippen LogP contribution in [0.4, 0.5) is 0 Å². The van der Waals surface area contributed by atoms with Gasteiger partial charge in [0.2, 0.25) is 0 Å². The Morgan fingerprint density at radius 1 is 1.19 bits per heavy atom. The minimum absolute atomic E-state index is 0.240. The largest absolute Gasteiger partial charge is 0.549 e. The lowest BCUT2D eigenvalue weighted by atomic mass is 10.2. The predicted octanol–water partition coefficient (Wildman–Crippen LogP) is 2.44. The molecule has 2 aromatic carbocycles. The molecule has 27 heavy (non-hydrogen) atoms. The van der Waals surface area contributed by atoms with E-state index in [0.29, 0.717) is 17.5 Å². The third kappa shape index (κ3) is 5.10. The van der Waals surface area contributed by atoms with E-state index < -0.39 is 11.2 Å². The Labute approximate surface area is 162 Å². The van der Waals surface area contributed by atoms with E-state index in [0.717, 1.165) is 28.6 Å². The van der Waals surface area contributed by atoms with Gasteiger partial charge in [-0.1, -0.05) is 54.2 Å². The number of rotatable bonds is 8. The van der Waals surface area contributed by atoms with Gasteiger partial charge >= 0.3 is 0 Å². The van der Waals surface area contributed by atoms with Crippen molar-refractivity contribution >= 4 is 17.7 Å². The van der Waals surface area contributed by atoms with Gasteiger partial charge in [-0.2, -0.15) is 0 Å². The first-order valence-corrected chi connectivity index (χ1v) is 9.44. The quantitative estimate of drug-likeness (QED) is 0.557. The molecule has 6 nitrogen and oxygen atoms in total. The Kier molecular flexibility index (Phi) is 6.13. The summed E-state index contributed by atoms with van der Waals surface area (Å²) in [5.41, 5.74) is 2.18. The molecule has 0 saturated carbocycles. The summed E-state index contributed by atoms with van der Waals surface area (Å²) >= 11 is 1.11. The lowest BCUT2D eigenvalue weighted by molar-refractivity contribution is -0.304. The molecule has 0 aliphatic carbocycles. The number of carbonyl (C=O) groups is 1. The normalized spacial score (nSPS) is 11.9. The van der Waals surface area contributed by atoms with Crippen LogP contribution in [0.25, 0.3) is 0 Å². The number of hydrogen-bond donors (Lipinski definition) is 0. The molecule has 0 aliphatic heterocycles. The van der Waals surface area contributed by atoms with Crippen molar-refractivity contribution in [3.63, 3.8) is 0 Å². The van der Waals surface area contributed by atoms with Crippen LogP contribution in [0.1, 0.15) is 23.9 Å². The van der Waals surface area contributed by atoms with Crippen LogP contribution in [0.2, 0.25) is 0 Å². The van der Waals surface area contributed by atoms with Gasteiger partial charge in [-0.25, -0.2) is 0 Å². The van der Waals surface area contributed by atoms with E-state index in [-0.39, 0.29) is 6.61 Å². The Morgan fingerprint density at radius 2 is 1.96 bits per heavy atom. The Bertz CT molecular complexity index is 912. The summed E-state index contributed by atoms with van der Waals surface area (Å²) in [4.78, 5) is 11.1. The second kappa shape index (κ2) is 8.73. The number of aromatic nitrogens is 3. The molecule has 7 heteroatoms. The maximum atomic E-state index is 11.1. The molecule has 0 bridgehead atoms. The van der Waals surface area contributed by atoms with Crippen molar-refractivity contribution in [1.29, 1.82) is 0 Å². The summed E-state index contributed by atoms with van der Waals surface area (Å²) in [6.45, 7) is 4.34. The van der Waals surface area contributed by atoms with Gasteiger partial charge < -0.3 is 14.6 Å². The molecule has 0 unspecified atom stereocenters. The topological polar surface area (TPSA) is 80.1 Å². The highest BCUT2D eigenvalue weighted by molar-refractivity contribution is 8.00. The number of carboxylic acid groups (broad SMARTS) is 1. The molecule has 0 fully saturated rings. The number of benzene rings is 2. The SMILES string of the molecule is Cc1cccc(OCc2nnc(S[C@@H](C)C(=O)[O-])n2Cc2ccccc2)c1. The molecule has 1 atom stereocenters. The van der Waals surface area contributed by atoms with E-state index in [2.05, 4.69) is 10.2 Å². The first-order chi connectivity index (χ1) is 13.0. The summed E-state index contributed by atoms with van der Waals surface area (Å²) in [5.74, 6) is 0.252. The Hall–Kier alpha value is -2.80. The molecule has 0 N–H and O–H groups in total. The van der Waals surface area contributed by atoms with Crippen LogP contribution in [-0.2, 0) is 17.9 Å². The van der Waals surface area contributed by atoms with Gasteiger partial charge in [0.05, 0.1) is 12.5 Å². The van der Waals surface area contributed by atoms with Crippen LogP contribution in [0.15, 0.2) is 59.8 Å². The van der Waals surface area contributed by atoms with Crippen LogP contribution < -0.4 is 9.84 Å². The van der Waals surface area contributed by atoms with Crippen LogP contribution in [0.5, 0.6) is 5.75 Å². The van der Waals surface area contributed by atoms with Crippen molar-refractivity contribution in [2.45, 2.75) is 37.4 Å². The second-order valence-corrected chi connectivity index (χ2v) is 7.46. The smallest absolute Gasteiger partial charge is 0.192 e. The third-order valence-corrected chi connectivity index (χ3v) is 5.01. The molecule has 1 heterocycles. The summed E-state index contributed by atoms with van der Waals surface area (Å²) in [6.07, 6.45) is 0. The van der Waals surface area contributed by atoms with Crippen LogP contribution >= 0.6 is 11.8 Å². The standard InChI is InChI=1S/C20H21N3O3S/c1-14-7-6-10-17(11-14)26-13-18-21-22-20(27-15(2)19(24)25)23(18)12-16-8-4-3-5-9-16/h3-11,15H,12-13H2,1-2H3,(H,24,25)/p-1/t15-/m0/s1. The fourth-order valence-electron chi connectivity index (χ4n) is 2.50. The third-order valence-electron chi connectivity index (χ3n) is 3.95. The van der Waals surface area contributed by atoms with Crippen LogP contribution in [0, 0.1) is 6.92 Å². The van der Waals surface area contributed by atoms with Crippen LogP contribution in [0.3, 0.4) is 0 Å². The highest BCUT2D eigenvalue weighted by Gasteiger charge is 2.17. The summed E-state index contributed by atoms with van der Waals surface area (Å²) < 4.78 is 7.74. The number of thioether (sulfide) groups is 1. The van der Waals surface area contributed by atoms with Gasteiger partial charge in [-0.05, 0) is 37.1 Å². The molecule has 0 radical (unpaired) electrons. The minimum atomic E-state index is -1.13. The molecule has 1 aromatic heterocycles. The first kappa shape index (κ1) is 19.0. The van der Waals surface area contributed by atoms with Gasteiger partial charge in [0.25, 0.3) is 0 Å². The first-order valence-electron chi connectivity index (χ1n) is 8.56.